The second-order valence-corrected chi connectivity index (χ2v) is 109. The van der Waals surface area contributed by atoms with E-state index in [1.54, 1.807) is 107 Å². The maximum absolute atomic E-state index is 4.85. The van der Waals surface area contributed by atoms with Crippen molar-refractivity contribution in [2.24, 2.45) is 0 Å². The minimum Gasteiger partial charge on any atom is -0.283 e. The number of imidazole rings is 1. The molecule has 0 bridgehead atoms. The van der Waals surface area contributed by atoms with Crippen molar-refractivity contribution in [1.82, 2.24) is 14.4 Å². The highest BCUT2D eigenvalue weighted by molar-refractivity contribution is 9.10. The Morgan fingerprint density at radius 3 is 0.753 bits per heavy atom. The van der Waals surface area contributed by atoms with Gasteiger partial charge in [-0.05, 0) is 35.0 Å². The molecule has 0 fully saturated rings. The number of fused-ring (bicyclic) bond motifs is 3. The molecule has 0 saturated carbocycles. The molecule has 2 aromatic heterocycles. The molecule has 0 aliphatic rings. The number of aryl methyl sites for hydroxylation is 1. The molecule has 3 aromatic rings. The summed E-state index contributed by atoms with van der Waals surface area (Å²) >= 11 is 13.2. The van der Waals surface area contributed by atoms with E-state index in [0.717, 1.165) is 32.7 Å². The third kappa shape index (κ3) is 51.3. The fraction of sp³-hybridized carbons (Fsp3) is 0.333. The van der Waals surface area contributed by atoms with E-state index in [2.05, 4.69) is 59.1 Å². The number of aromatic nitrogens is 3. The second kappa shape index (κ2) is 64.7. The van der Waals surface area contributed by atoms with Crippen molar-refractivity contribution in [2.45, 2.75) is 33.1 Å². The summed E-state index contributed by atoms with van der Waals surface area (Å²) in [5.41, 5.74) is 3.03. The summed E-state index contributed by atoms with van der Waals surface area (Å²) < 4.78 is 3.04. The molecule has 0 radical (unpaired) electrons. The Morgan fingerprint density at radius 1 is 0.338 bits per heavy atom. The van der Waals surface area contributed by atoms with Crippen LogP contribution in [0.15, 0.2) is 28.9 Å². The van der Waals surface area contributed by atoms with Crippen LogP contribution in [0, 0.1) is 6.92 Å². The van der Waals surface area contributed by atoms with Crippen molar-refractivity contribution in [3.05, 3.63) is 40.4 Å². The van der Waals surface area contributed by atoms with E-state index in [1.807, 2.05) is 391 Å². The average molecular weight is 2180 g/mol. The van der Waals surface area contributed by atoms with Crippen LogP contribution in [-0.4, -0.2) is 14.4 Å². The van der Waals surface area contributed by atoms with Gasteiger partial charge in [0.15, 0.2) is 0 Å². The molecular formula is C15H16BrN3S58. The Hall–Kier alpha value is 11.3. The van der Waals surface area contributed by atoms with E-state index in [4.69, 9.17) is 27.4 Å². The smallest absolute Gasteiger partial charge is 0.149 e. The molecule has 0 aliphatic carbocycles. The van der Waals surface area contributed by atoms with Crippen LogP contribution in [-0.2, 0) is 525 Å². The molecule has 0 aliphatic heterocycles. The number of hydrogen-bond donors (Lipinski definition) is 0. The molecule has 0 unspecified atom stereocenters. The molecule has 3 nitrogen and oxygen atoms in total. The van der Waals surface area contributed by atoms with Crippen LogP contribution in [0.2, 0.25) is 0 Å². The molecule has 2 heterocycles. The molecular weight excluding hydrogens is 2160 g/mol. The maximum atomic E-state index is 4.85. The van der Waals surface area contributed by atoms with Crippen LogP contribution in [0.4, 0.5) is 0 Å². The molecule has 446 valence electrons. The van der Waals surface area contributed by atoms with Gasteiger partial charge in [-0.25, -0.2) is 9.97 Å². The monoisotopic (exact) mass is 2170 g/mol. The quantitative estimate of drug-likeness (QED) is 0.340. The number of para-hydroxylation sites is 1. The van der Waals surface area contributed by atoms with E-state index in [0.29, 0.717) is 0 Å². The molecule has 0 amide bonds. The topological polar surface area (TPSA) is 30.2 Å². The van der Waals surface area contributed by atoms with Gasteiger partial charge in [-0.3, -0.25) is 4.40 Å². The highest BCUT2D eigenvalue weighted by Gasteiger charge is 2.23. The van der Waals surface area contributed by atoms with Crippen molar-refractivity contribution in [2.75, 3.05) is 0 Å². The van der Waals surface area contributed by atoms with E-state index < -0.39 is 0 Å². The number of rotatable bonds is 0. The van der Waals surface area contributed by atoms with E-state index in [9.17, 15) is 0 Å². The summed E-state index contributed by atoms with van der Waals surface area (Å²) in [7, 11) is 100. The van der Waals surface area contributed by atoms with Gasteiger partial charge >= 0.3 is 0 Å². The first-order valence-electron chi connectivity index (χ1n) is 15.8. The number of benzene rings is 1. The van der Waals surface area contributed by atoms with Crippen LogP contribution >= 0.6 is 15.9 Å². The largest absolute Gasteiger partial charge is 0.283 e. The van der Waals surface area contributed by atoms with Crippen LogP contribution in [0.3, 0.4) is 0 Å². The van der Waals surface area contributed by atoms with Gasteiger partial charge in [-0.15, -0.1) is 0 Å². The fourth-order valence-electron chi connectivity index (χ4n) is 2.95. The lowest BCUT2D eigenvalue weighted by Gasteiger charge is -2.21. The summed E-state index contributed by atoms with van der Waals surface area (Å²) in [5, 5.41) is 1.09. The van der Waals surface area contributed by atoms with Gasteiger partial charge in [0.2, 0.25) is 0 Å². The van der Waals surface area contributed by atoms with Crippen molar-refractivity contribution in [3.8, 4) is 0 Å². The summed E-state index contributed by atoms with van der Waals surface area (Å²) in [6.07, 6.45) is 0. The Morgan fingerprint density at radius 2 is 0.545 bits per heavy atom. The lowest BCUT2D eigenvalue weighted by atomic mass is 9.95. The zero-order valence-electron chi connectivity index (χ0n) is 35.2. The third-order valence-electron chi connectivity index (χ3n) is 4.83. The number of nitrogens with zero attached hydrogens (tertiary/aromatic N) is 3. The molecule has 1 aromatic carbocycles. The van der Waals surface area contributed by atoms with Gasteiger partial charge in [0.05, 0.1) is 11.2 Å². The minimum absolute atomic E-state index is 0.0345. The Labute approximate surface area is 622 Å². The first-order valence-corrected chi connectivity index (χ1v) is 92.6. The Kier molecular flexibility index (Phi) is 70.9. The third-order valence-corrected chi connectivity index (χ3v) is 128. The summed E-state index contributed by atoms with van der Waals surface area (Å²) in [6, 6.07) is 8.16. The summed E-state index contributed by atoms with van der Waals surface area (Å²) in [4.78, 5) is 9.51. The van der Waals surface area contributed by atoms with Gasteiger partial charge in [-0.2, -0.15) is 0 Å². The van der Waals surface area contributed by atoms with Crippen molar-refractivity contribution in [3.63, 3.8) is 0 Å². The highest BCUT2D eigenvalue weighted by atomic mass is 79.9. The fourth-order valence-corrected chi connectivity index (χ4v) is 151. The first kappa shape index (κ1) is 84.4. The van der Waals surface area contributed by atoms with Gasteiger partial charge in [0.1, 0.15) is 16.1 Å². The van der Waals surface area contributed by atoms with Crippen LogP contribution in [0.1, 0.15) is 32.3 Å². The van der Waals surface area contributed by atoms with Crippen LogP contribution in [0.5, 0.6) is 0 Å². The standard InChI is InChI=1S/C15H16BrN3.S58/c1-9-12(16)18-13-10-7-5-6-8-11(10)17-14(19(9)13)15(2,3)4;1-3-5-7-9-11-13-15-17-19-21-23-25-27-29-31-33-35-37-39-41-43-45-47-49-51-53-55-57-58-56-54-52-50-48-46-44-42-40-38-36-34-32-30-28-26-24-22-20-18-16-14-12-10-8-6-4-2/h5-8H,1-4H3;. The first-order chi connectivity index (χ1) is 37.8. The lowest BCUT2D eigenvalue weighted by molar-refractivity contribution is 0.537. The SMILES string of the molecule is Cc1c(Br)nc2c3ccccc3nc(C(C)(C)C)n12.S=S=S=S=S=S=S=S=S=S=S=S=S=S=S=S=S=S=S=S=S=S=S=S=S=S=S=S=S=S=S=S=S=S=S=S=S=S=S=S=S=S=S=S=S=S=S=S=S=S=S=S=S=S=S=S=S=S. The molecule has 77 heavy (non-hydrogen) atoms. The van der Waals surface area contributed by atoms with Crippen molar-refractivity contribution < 1.29 is 0 Å². The molecule has 3 rings (SSSR count). The zero-order valence-corrected chi connectivity index (χ0v) is 84.2. The van der Waals surface area contributed by atoms with Crippen molar-refractivity contribution in [1.29, 1.82) is 0 Å². The number of halogens is 1. The van der Waals surface area contributed by atoms with Gasteiger partial charge in [0.25, 0.3) is 0 Å². The lowest BCUT2D eigenvalue weighted by Crippen LogP contribution is -2.19. The molecule has 62 heteroatoms. The molecule has 0 spiro atoms. The van der Waals surface area contributed by atoms with E-state index >= 15 is 0 Å². The van der Waals surface area contributed by atoms with Gasteiger partial charge in [-0.1, -0.05) is 32.9 Å². The maximum Gasteiger partial charge on any atom is 0.149 e. The zero-order chi connectivity index (χ0) is 55.4. The predicted molar refractivity (Wildman–Crippen MR) is 509 cm³/mol. The van der Waals surface area contributed by atoms with E-state index in [1.165, 1.54) is 17.8 Å². The predicted octanol–water partition coefficient (Wildman–Crippen LogP) is 4.11. The Bertz CT molecular complexity index is 5180. The minimum atomic E-state index is -0.0345. The van der Waals surface area contributed by atoms with Gasteiger partial charge in [0, 0.05) is 530 Å². The molecule has 0 atom stereocenters. The van der Waals surface area contributed by atoms with E-state index in [-0.39, 0.29) is 5.41 Å². The summed E-state index contributed by atoms with van der Waals surface area (Å²) in [6.45, 7) is 8.60. The Balaban J connectivity index is 0.000000874. The van der Waals surface area contributed by atoms with Gasteiger partial charge < -0.3 is 0 Å². The van der Waals surface area contributed by atoms with Crippen molar-refractivity contribution >= 4 is 552 Å². The second-order valence-electron chi connectivity index (χ2n) is 9.66. The van der Waals surface area contributed by atoms with Crippen LogP contribution < -0.4 is 0 Å². The van der Waals surface area contributed by atoms with Crippen LogP contribution in [0.25, 0.3) is 16.6 Å². The molecule has 0 N–H and O–H groups in total. The summed E-state index contributed by atoms with van der Waals surface area (Å²) in [5.74, 6) is 1.04. The average Bonchev–Trinajstić information content (AvgIpc) is 3.78. The highest BCUT2D eigenvalue weighted by Crippen LogP contribution is 2.30. The molecule has 0 saturated heterocycles. The normalized spacial score (nSPS) is 8.95. The number of hydrogen-bond acceptors (Lipinski definition) is 4.